The molecule has 1 aromatic heterocycles. The molecule has 0 atom stereocenters. The van der Waals surface area contributed by atoms with Crippen molar-refractivity contribution in [1.82, 2.24) is 9.88 Å². The predicted octanol–water partition coefficient (Wildman–Crippen LogP) is 3.17. The smallest absolute Gasteiger partial charge is 0.233 e. The highest BCUT2D eigenvalue weighted by atomic mass is 32.2. The summed E-state index contributed by atoms with van der Waals surface area (Å²) in [6.07, 6.45) is 4.45. The molecule has 5 N–H and O–H groups in total. The molecule has 36 heavy (non-hydrogen) atoms. The lowest BCUT2D eigenvalue weighted by atomic mass is 10.1. The Morgan fingerprint density at radius 3 is 2.47 bits per heavy atom. The first-order chi connectivity index (χ1) is 16.9. The Kier molecular flexibility index (Phi) is 8.75. The third kappa shape index (κ3) is 6.83. The summed E-state index contributed by atoms with van der Waals surface area (Å²) in [7, 11) is -3.83. The zero-order chi connectivity index (χ0) is 26.6. The summed E-state index contributed by atoms with van der Waals surface area (Å²) in [5, 5.41) is 0.703. The minimum Gasteiger partial charge on any atom is -0.397 e. The highest BCUT2D eigenvalue weighted by Gasteiger charge is 2.22. The van der Waals surface area contributed by atoms with Gasteiger partial charge in [-0.2, -0.15) is 0 Å². The molecule has 1 aliphatic heterocycles. The number of aromatic nitrogens is 1. The van der Waals surface area contributed by atoms with Crippen LogP contribution in [0.25, 0.3) is 5.70 Å². The zero-order valence-corrected chi connectivity index (χ0v) is 21.9. The van der Waals surface area contributed by atoms with Crippen LogP contribution in [0, 0.1) is 17.6 Å². The molecular weight excluding hydrogens is 488 g/mol. The SMILES string of the molecule is CC(C)CS(=O)(=O)Nc1ccc(F)c(N(N)/C=C(\N)c2cncc(N3CCN(C(C)C)CC3)c2)c1F.[HH]. The van der Waals surface area contributed by atoms with E-state index in [1.807, 2.05) is 6.07 Å². The molecule has 9 nitrogen and oxygen atoms in total. The van der Waals surface area contributed by atoms with Crippen LogP contribution in [0.4, 0.5) is 25.8 Å². The molecule has 0 saturated carbocycles. The summed E-state index contributed by atoms with van der Waals surface area (Å²) < 4.78 is 56.3. The molecular formula is C24H37F2N7O2S. The quantitative estimate of drug-likeness (QED) is 0.337. The van der Waals surface area contributed by atoms with Gasteiger partial charge in [0, 0.05) is 51.6 Å². The molecule has 0 aliphatic carbocycles. The van der Waals surface area contributed by atoms with Gasteiger partial charge in [-0.3, -0.25) is 19.6 Å². The average Bonchev–Trinajstić information content (AvgIpc) is 2.80. The molecule has 0 bridgehead atoms. The van der Waals surface area contributed by atoms with Crippen LogP contribution in [-0.4, -0.2) is 56.3 Å². The van der Waals surface area contributed by atoms with E-state index in [4.69, 9.17) is 11.6 Å². The Hall–Kier alpha value is -2.96. The number of nitrogens with two attached hydrogens (primary N) is 2. The van der Waals surface area contributed by atoms with Crippen molar-refractivity contribution >= 4 is 32.8 Å². The maximum Gasteiger partial charge on any atom is 0.233 e. The summed E-state index contributed by atoms with van der Waals surface area (Å²) in [5.74, 6) is 3.44. The van der Waals surface area contributed by atoms with E-state index in [0.29, 0.717) is 16.6 Å². The van der Waals surface area contributed by atoms with Crippen molar-refractivity contribution in [2.75, 3.05) is 46.6 Å². The number of benzene rings is 1. The molecule has 3 rings (SSSR count). The zero-order valence-electron chi connectivity index (χ0n) is 21.1. The number of halogens is 2. The molecule has 12 heteroatoms. The van der Waals surface area contributed by atoms with Crippen molar-refractivity contribution in [2.24, 2.45) is 17.5 Å². The van der Waals surface area contributed by atoms with Crippen LogP contribution < -0.4 is 26.2 Å². The van der Waals surface area contributed by atoms with Gasteiger partial charge in [-0.15, -0.1) is 0 Å². The van der Waals surface area contributed by atoms with Crippen LogP contribution in [0.15, 0.2) is 36.8 Å². The molecule has 1 fully saturated rings. The van der Waals surface area contributed by atoms with Gasteiger partial charge in [0.15, 0.2) is 11.6 Å². The molecule has 0 radical (unpaired) electrons. The number of pyridine rings is 1. The summed E-state index contributed by atoms with van der Waals surface area (Å²) in [6, 6.07) is 4.28. The minimum atomic E-state index is -3.83. The van der Waals surface area contributed by atoms with Gasteiger partial charge in [-0.05, 0) is 38.0 Å². The Bertz CT molecular complexity index is 1200. The molecule has 2 aromatic rings. The first-order valence-corrected chi connectivity index (χ1v) is 13.5. The number of hydrogen-bond acceptors (Lipinski definition) is 8. The van der Waals surface area contributed by atoms with E-state index >= 15 is 4.39 Å². The Morgan fingerprint density at radius 2 is 1.86 bits per heavy atom. The maximum absolute atomic E-state index is 15.1. The number of hydrazine groups is 1. The van der Waals surface area contributed by atoms with E-state index in [-0.39, 0.29) is 18.8 Å². The standard InChI is InChI=1S/C24H35F2N7O2S.H2/c1-16(2)15-36(34,35)30-22-6-5-20(25)24(23(22)26)33(28)14-21(27)18-11-19(13-29-12-18)32-9-7-31(8-10-32)17(3)4;/h5-6,11-14,16-17,30H,7-10,15,27-28H2,1-4H3;1H/b21-14-;. The summed E-state index contributed by atoms with van der Waals surface area (Å²) in [6.45, 7) is 11.3. The molecule has 200 valence electrons. The number of sulfonamides is 1. The Morgan fingerprint density at radius 1 is 1.19 bits per heavy atom. The number of hydrogen-bond donors (Lipinski definition) is 3. The van der Waals surface area contributed by atoms with Crippen LogP contribution >= 0.6 is 0 Å². The van der Waals surface area contributed by atoms with Gasteiger partial charge in [-0.1, -0.05) is 13.8 Å². The van der Waals surface area contributed by atoms with Crippen LogP contribution in [0.2, 0.25) is 0 Å². The predicted molar refractivity (Wildman–Crippen MR) is 143 cm³/mol. The molecule has 0 spiro atoms. The van der Waals surface area contributed by atoms with Gasteiger partial charge in [0.2, 0.25) is 10.0 Å². The van der Waals surface area contributed by atoms with E-state index in [9.17, 15) is 12.8 Å². The normalized spacial score (nSPS) is 15.6. The summed E-state index contributed by atoms with van der Waals surface area (Å²) in [4.78, 5) is 8.87. The van der Waals surface area contributed by atoms with Crippen LogP contribution in [0.5, 0.6) is 0 Å². The van der Waals surface area contributed by atoms with Crippen LogP contribution in [-0.2, 0) is 10.0 Å². The van der Waals surface area contributed by atoms with Gasteiger partial charge in [0.1, 0.15) is 5.69 Å². The lowest BCUT2D eigenvalue weighted by molar-refractivity contribution is 0.209. The Balaban J connectivity index is 0.00000481. The second-order valence-corrected chi connectivity index (χ2v) is 11.3. The third-order valence-corrected chi connectivity index (χ3v) is 7.52. The first-order valence-electron chi connectivity index (χ1n) is 11.8. The second kappa shape index (κ2) is 11.4. The number of anilines is 3. The highest BCUT2D eigenvalue weighted by molar-refractivity contribution is 7.92. The fraction of sp³-hybridized carbons (Fsp3) is 0.458. The first kappa shape index (κ1) is 27.6. The van der Waals surface area contributed by atoms with E-state index in [0.717, 1.165) is 44.0 Å². The topological polar surface area (TPSA) is 121 Å². The van der Waals surface area contributed by atoms with E-state index < -0.39 is 33.0 Å². The molecule has 1 saturated heterocycles. The number of piperazine rings is 1. The molecule has 0 amide bonds. The Labute approximate surface area is 213 Å². The van der Waals surface area contributed by atoms with Crippen LogP contribution in [0.1, 0.15) is 34.7 Å². The lowest BCUT2D eigenvalue weighted by Crippen LogP contribution is -2.48. The van der Waals surface area contributed by atoms with E-state index in [2.05, 4.69) is 33.4 Å². The second-order valence-electron chi connectivity index (χ2n) is 9.58. The van der Waals surface area contributed by atoms with Crippen molar-refractivity contribution in [1.29, 1.82) is 0 Å². The van der Waals surface area contributed by atoms with Gasteiger partial charge in [-0.25, -0.2) is 23.0 Å². The number of rotatable bonds is 9. The van der Waals surface area contributed by atoms with Crippen molar-refractivity contribution in [3.05, 3.63) is 54.0 Å². The summed E-state index contributed by atoms with van der Waals surface area (Å²) >= 11 is 0. The fourth-order valence-electron chi connectivity index (χ4n) is 4.05. The van der Waals surface area contributed by atoms with E-state index in [1.54, 1.807) is 20.0 Å². The third-order valence-electron chi connectivity index (χ3n) is 5.89. The number of nitrogens with one attached hydrogen (secondary N) is 1. The van der Waals surface area contributed by atoms with Gasteiger partial charge < -0.3 is 10.6 Å². The fourth-order valence-corrected chi connectivity index (χ4v) is 5.50. The maximum atomic E-state index is 15.1. The molecule has 1 aromatic carbocycles. The van der Waals surface area contributed by atoms with E-state index in [1.165, 1.54) is 12.4 Å². The summed E-state index contributed by atoms with van der Waals surface area (Å²) in [5.41, 5.74) is 6.71. The van der Waals surface area contributed by atoms with Crippen molar-refractivity contribution in [3.63, 3.8) is 0 Å². The van der Waals surface area contributed by atoms with Gasteiger partial charge in [0.05, 0.1) is 29.0 Å². The van der Waals surface area contributed by atoms with Crippen molar-refractivity contribution < 1.29 is 18.6 Å². The largest absolute Gasteiger partial charge is 0.397 e. The monoisotopic (exact) mass is 525 g/mol. The van der Waals surface area contributed by atoms with Gasteiger partial charge >= 0.3 is 0 Å². The molecule has 1 aliphatic rings. The number of nitrogens with zero attached hydrogens (tertiary/aromatic N) is 4. The molecule has 2 heterocycles. The van der Waals surface area contributed by atoms with Crippen molar-refractivity contribution in [3.8, 4) is 0 Å². The van der Waals surface area contributed by atoms with Crippen LogP contribution in [0.3, 0.4) is 0 Å². The van der Waals surface area contributed by atoms with Gasteiger partial charge in [0.25, 0.3) is 0 Å². The highest BCUT2D eigenvalue weighted by Crippen LogP contribution is 2.30. The average molecular weight is 526 g/mol. The lowest BCUT2D eigenvalue weighted by Gasteiger charge is -2.38. The van der Waals surface area contributed by atoms with Crippen molar-refractivity contribution in [2.45, 2.75) is 33.7 Å². The molecule has 0 unspecified atom stereocenters. The minimum absolute atomic E-state index is 0.